The monoisotopic (exact) mass is 306 g/mol. The average molecular weight is 306 g/mol. The Labute approximate surface area is 135 Å². The lowest BCUT2D eigenvalue weighted by Crippen LogP contribution is -2.44. The fourth-order valence-electron chi connectivity index (χ4n) is 2.80. The van der Waals surface area contributed by atoms with Crippen LogP contribution in [-0.2, 0) is 6.42 Å². The summed E-state index contributed by atoms with van der Waals surface area (Å²) in [5, 5.41) is 0. The Morgan fingerprint density at radius 2 is 1.82 bits per heavy atom. The van der Waals surface area contributed by atoms with Gasteiger partial charge in [-0.2, -0.15) is 0 Å². The van der Waals surface area contributed by atoms with Crippen LogP contribution in [0.1, 0.15) is 25.8 Å². The van der Waals surface area contributed by atoms with E-state index in [1.165, 1.54) is 44.7 Å². The summed E-state index contributed by atoms with van der Waals surface area (Å²) >= 11 is 0. The summed E-state index contributed by atoms with van der Waals surface area (Å²) < 4.78 is 11.2. The molecule has 0 unspecified atom stereocenters. The van der Waals surface area contributed by atoms with Crippen molar-refractivity contribution >= 4 is 0 Å². The second kappa shape index (κ2) is 8.39. The van der Waals surface area contributed by atoms with E-state index >= 15 is 0 Å². The van der Waals surface area contributed by atoms with Gasteiger partial charge in [0.2, 0.25) is 0 Å². The van der Waals surface area contributed by atoms with Crippen LogP contribution in [0.15, 0.2) is 18.2 Å². The third kappa shape index (κ3) is 5.18. The van der Waals surface area contributed by atoms with Crippen molar-refractivity contribution in [2.24, 2.45) is 0 Å². The lowest BCUT2D eigenvalue weighted by Gasteiger charge is -2.32. The van der Waals surface area contributed by atoms with E-state index in [2.05, 4.69) is 29.0 Å². The molecule has 124 valence electrons. The summed E-state index contributed by atoms with van der Waals surface area (Å²) in [7, 11) is 3.90. The Bertz CT molecular complexity index is 454. The van der Waals surface area contributed by atoms with Gasteiger partial charge in [0.05, 0.1) is 13.2 Å². The molecule has 0 aromatic heterocycles. The van der Waals surface area contributed by atoms with E-state index in [9.17, 15) is 0 Å². The van der Waals surface area contributed by atoms with Crippen molar-refractivity contribution in [3.05, 3.63) is 23.8 Å². The molecule has 1 heterocycles. The summed E-state index contributed by atoms with van der Waals surface area (Å²) in [6.45, 7) is 10.0. The van der Waals surface area contributed by atoms with Crippen molar-refractivity contribution in [3.8, 4) is 11.5 Å². The first kappa shape index (κ1) is 17.1. The highest BCUT2D eigenvalue weighted by Crippen LogP contribution is 2.29. The Hall–Kier alpha value is -1.26. The van der Waals surface area contributed by atoms with Crippen LogP contribution >= 0.6 is 0 Å². The number of hydrogen-bond acceptors (Lipinski definition) is 4. The minimum Gasteiger partial charge on any atom is -0.493 e. The van der Waals surface area contributed by atoms with Gasteiger partial charge in [-0.1, -0.05) is 6.07 Å². The molecule has 0 saturated carbocycles. The van der Waals surface area contributed by atoms with Gasteiger partial charge in [0, 0.05) is 26.2 Å². The second-order valence-corrected chi connectivity index (χ2v) is 6.40. The van der Waals surface area contributed by atoms with Crippen LogP contribution < -0.4 is 9.47 Å². The van der Waals surface area contributed by atoms with E-state index in [0.29, 0.717) is 0 Å². The topological polar surface area (TPSA) is 24.9 Å². The molecular weight excluding hydrogens is 276 g/mol. The van der Waals surface area contributed by atoms with E-state index in [1.54, 1.807) is 7.11 Å². The first-order valence-electron chi connectivity index (χ1n) is 8.33. The van der Waals surface area contributed by atoms with Crippen LogP contribution in [0.4, 0.5) is 0 Å². The average Bonchev–Trinajstić information content (AvgIpc) is 2.50. The van der Waals surface area contributed by atoms with Crippen LogP contribution in [0, 0.1) is 0 Å². The molecule has 22 heavy (non-hydrogen) atoms. The van der Waals surface area contributed by atoms with Gasteiger partial charge in [-0.25, -0.2) is 0 Å². The zero-order chi connectivity index (χ0) is 15.9. The molecule has 1 saturated heterocycles. The van der Waals surface area contributed by atoms with Gasteiger partial charge in [0.15, 0.2) is 11.5 Å². The molecule has 0 radical (unpaired) electrons. The zero-order valence-corrected chi connectivity index (χ0v) is 14.5. The fraction of sp³-hybridized carbons (Fsp3) is 0.667. The number of benzene rings is 1. The predicted octanol–water partition coefficient (Wildman–Crippen LogP) is 2.66. The summed E-state index contributed by atoms with van der Waals surface area (Å²) in [6, 6.07) is 6.30. The second-order valence-electron chi connectivity index (χ2n) is 6.40. The van der Waals surface area contributed by atoms with Crippen molar-refractivity contribution in [1.29, 1.82) is 0 Å². The van der Waals surface area contributed by atoms with E-state index in [-0.39, 0.29) is 6.10 Å². The van der Waals surface area contributed by atoms with Gasteiger partial charge in [-0.05, 0) is 58.0 Å². The number of ether oxygens (including phenoxy) is 2. The molecule has 1 aliphatic rings. The molecule has 1 aromatic carbocycles. The molecule has 1 aliphatic heterocycles. The third-order valence-corrected chi connectivity index (χ3v) is 4.13. The Morgan fingerprint density at radius 3 is 2.45 bits per heavy atom. The summed E-state index contributed by atoms with van der Waals surface area (Å²) in [6.07, 6.45) is 2.44. The molecule has 4 nitrogen and oxygen atoms in total. The summed E-state index contributed by atoms with van der Waals surface area (Å²) in [4.78, 5) is 4.96. The highest BCUT2D eigenvalue weighted by Gasteiger charge is 2.13. The van der Waals surface area contributed by atoms with E-state index in [1.807, 2.05) is 19.9 Å². The standard InChI is InChI=1S/C18H30N2O2/c1-15(2)22-17-8-7-16(14-18(17)21-4)6-5-9-20-12-10-19(3)11-13-20/h7-8,14-15H,5-6,9-13H2,1-4H3. The van der Waals surface area contributed by atoms with Crippen molar-refractivity contribution in [2.45, 2.75) is 32.8 Å². The molecule has 0 N–H and O–H groups in total. The van der Waals surface area contributed by atoms with Crippen molar-refractivity contribution < 1.29 is 9.47 Å². The van der Waals surface area contributed by atoms with Gasteiger partial charge >= 0.3 is 0 Å². The molecule has 1 fully saturated rings. The number of nitrogens with zero attached hydrogens (tertiary/aromatic N) is 2. The lowest BCUT2D eigenvalue weighted by atomic mass is 10.1. The number of rotatable bonds is 7. The van der Waals surface area contributed by atoms with E-state index < -0.39 is 0 Å². The highest BCUT2D eigenvalue weighted by atomic mass is 16.5. The van der Waals surface area contributed by atoms with Gasteiger partial charge in [-0.3, -0.25) is 0 Å². The normalized spacial score (nSPS) is 17.0. The molecule has 0 atom stereocenters. The van der Waals surface area contributed by atoms with Gasteiger partial charge in [0.1, 0.15) is 0 Å². The number of piperazine rings is 1. The number of aryl methyl sites for hydroxylation is 1. The van der Waals surface area contributed by atoms with E-state index in [4.69, 9.17) is 9.47 Å². The Morgan fingerprint density at radius 1 is 1.09 bits per heavy atom. The minimum atomic E-state index is 0.164. The molecule has 0 spiro atoms. The van der Waals surface area contributed by atoms with Crippen LogP contribution in [0.25, 0.3) is 0 Å². The fourth-order valence-corrected chi connectivity index (χ4v) is 2.80. The molecule has 1 aromatic rings. The predicted molar refractivity (Wildman–Crippen MR) is 91.0 cm³/mol. The maximum absolute atomic E-state index is 5.76. The molecule has 0 bridgehead atoms. The smallest absolute Gasteiger partial charge is 0.161 e. The molecule has 0 aliphatic carbocycles. The highest BCUT2D eigenvalue weighted by molar-refractivity contribution is 5.43. The molecule has 0 amide bonds. The number of likely N-dealkylation sites (N-methyl/N-ethyl adjacent to an activating group) is 1. The molecule has 4 heteroatoms. The Balaban J connectivity index is 1.82. The quantitative estimate of drug-likeness (QED) is 0.773. The maximum atomic E-state index is 5.76. The van der Waals surface area contributed by atoms with Crippen LogP contribution in [0.2, 0.25) is 0 Å². The first-order valence-corrected chi connectivity index (χ1v) is 8.33. The minimum absolute atomic E-state index is 0.164. The zero-order valence-electron chi connectivity index (χ0n) is 14.5. The lowest BCUT2D eigenvalue weighted by molar-refractivity contribution is 0.153. The summed E-state index contributed by atoms with van der Waals surface area (Å²) in [5.41, 5.74) is 1.32. The molecular formula is C18H30N2O2. The van der Waals surface area contributed by atoms with Crippen LogP contribution in [0.3, 0.4) is 0 Å². The number of hydrogen-bond donors (Lipinski definition) is 0. The SMILES string of the molecule is COc1cc(CCCN2CCN(C)CC2)ccc1OC(C)C. The van der Waals surface area contributed by atoms with Crippen molar-refractivity contribution in [2.75, 3.05) is 46.9 Å². The maximum Gasteiger partial charge on any atom is 0.161 e. The Kier molecular flexibility index (Phi) is 6.52. The molecule has 2 rings (SSSR count). The summed E-state index contributed by atoms with van der Waals surface area (Å²) in [5.74, 6) is 1.67. The number of methoxy groups -OCH3 is 1. The van der Waals surface area contributed by atoms with Crippen molar-refractivity contribution in [3.63, 3.8) is 0 Å². The first-order chi connectivity index (χ1) is 10.6. The largest absolute Gasteiger partial charge is 0.493 e. The van der Waals surface area contributed by atoms with Crippen LogP contribution in [0.5, 0.6) is 11.5 Å². The van der Waals surface area contributed by atoms with Gasteiger partial charge in [-0.15, -0.1) is 0 Å². The van der Waals surface area contributed by atoms with Gasteiger partial charge < -0.3 is 19.3 Å². The van der Waals surface area contributed by atoms with Crippen molar-refractivity contribution in [1.82, 2.24) is 9.80 Å². The van der Waals surface area contributed by atoms with Crippen LogP contribution in [-0.4, -0.2) is 62.8 Å². The van der Waals surface area contributed by atoms with Gasteiger partial charge in [0.25, 0.3) is 0 Å². The van der Waals surface area contributed by atoms with E-state index in [0.717, 1.165) is 17.9 Å². The third-order valence-electron chi connectivity index (χ3n) is 4.13.